The van der Waals surface area contributed by atoms with Gasteiger partial charge in [0.05, 0.1) is 12.4 Å². The molecule has 1 aromatic heterocycles. The van der Waals surface area contributed by atoms with Gasteiger partial charge in [-0.2, -0.15) is 4.37 Å². The van der Waals surface area contributed by atoms with Crippen LogP contribution in [0.3, 0.4) is 0 Å². The Morgan fingerprint density at radius 2 is 2.21 bits per heavy atom. The minimum Gasteiger partial charge on any atom is -0.382 e. The lowest BCUT2D eigenvalue weighted by Crippen LogP contribution is -2.20. The molecule has 8 nitrogen and oxygen atoms in total. The monoisotopic (exact) mass is 308 g/mol. The third-order valence-corrected chi connectivity index (χ3v) is 4.89. The summed E-state index contributed by atoms with van der Waals surface area (Å²) >= 11 is 0.970. The second kappa shape index (κ2) is 6.68. The summed E-state index contributed by atoms with van der Waals surface area (Å²) in [5, 5.41) is 3.24. The molecule has 0 aromatic carbocycles. The molecular formula is C9H16N4O4S2. The minimum absolute atomic E-state index is 0.00703. The molecule has 1 aromatic rings. The van der Waals surface area contributed by atoms with Crippen LogP contribution in [0.25, 0.3) is 0 Å². The number of nitrogen functional groups attached to an aromatic ring is 1. The molecule has 0 saturated heterocycles. The first-order valence-electron chi connectivity index (χ1n) is 5.46. The molecular weight excluding hydrogens is 292 g/mol. The number of sulfone groups is 1. The fourth-order valence-corrected chi connectivity index (χ4v) is 3.45. The van der Waals surface area contributed by atoms with Gasteiger partial charge in [0.2, 0.25) is 5.91 Å². The number of carbonyl (C=O) groups excluding carboxylic acids is 1. The van der Waals surface area contributed by atoms with Crippen LogP contribution in [0, 0.1) is 0 Å². The number of anilines is 2. The number of amides is 1. The molecule has 0 saturated carbocycles. The van der Waals surface area contributed by atoms with Crippen LogP contribution in [0.15, 0.2) is 4.90 Å². The van der Waals surface area contributed by atoms with Crippen LogP contribution in [-0.2, 0) is 19.4 Å². The molecule has 0 unspecified atom stereocenters. The van der Waals surface area contributed by atoms with Gasteiger partial charge >= 0.3 is 0 Å². The Balaban J connectivity index is 2.63. The summed E-state index contributed by atoms with van der Waals surface area (Å²) in [6, 6.07) is 0. The molecule has 108 valence electrons. The third kappa shape index (κ3) is 4.33. The second-order valence-electron chi connectivity index (χ2n) is 3.58. The van der Waals surface area contributed by atoms with Crippen molar-refractivity contribution in [3.8, 4) is 0 Å². The van der Waals surface area contributed by atoms with Gasteiger partial charge in [0.1, 0.15) is 16.5 Å². The van der Waals surface area contributed by atoms with E-state index in [1.807, 2.05) is 0 Å². The number of nitrogens with one attached hydrogen (secondary N) is 1. The van der Waals surface area contributed by atoms with Crippen molar-refractivity contribution in [2.24, 2.45) is 5.73 Å². The first-order chi connectivity index (χ1) is 8.88. The number of rotatable bonds is 8. The van der Waals surface area contributed by atoms with Crippen molar-refractivity contribution in [3.63, 3.8) is 0 Å². The lowest BCUT2D eigenvalue weighted by Gasteiger charge is -2.07. The van der Waals surface area contributed by atoms with Gasteiger partial charge in [0.15, 0.2) is 15.7 Å². The fourth-order valence-electron chi connectivity index (χ4n) is 1.26. The Kier molecular flexibility index (Phi) is 5.51. The van der Waals surface area contributed by atoms with E-state index in [2.05, 4.69) is 9.69 Å². The van der Waals surface area contributed by atoms with Crippen LogP contribution < -0.4 is 16.8 Å². The molecule has 1 heterocycles. The normalized spacial score (nSPS) is 11.4. The van der Waals surface area contributed by atoms with E-state index < -0.39 is 15.7 Å². The summed E-state index contributed by atoms with van der Waals surface area (Å²) in [5.74, 6) is -0.619. The van der Waals surface area contributed by atoms with Crippen molar-refractivity contribution in [2.75, 3.05) is 36.6 Å². The van der Waals surface area contributed by atoms with Gasteiger partial charge in [-0.25, -0.2) is 8.42 Å². The molecule has 0 fully saturated rings. The second-order valence-corrected chi connectivity index (χ2v) is 6.56. The van der Waals surface area contributed by atoms with E-state index in [1.165, 1.54) is 6.92 Å². The lowest BCUT2D eigenvalue weighted by atomic mass is 10.5. The molecule has 0 aliphatic carbocycles. The van der Waals surface area contributed by atoms with Crippen molar-refractivity contribution < 1.29 is 17.9 Å². The number of hydrogen-bond acceptors (Lipinski definition) is 8. The van der Waals surface area contributed by atoms with Crippen LogP contribution in [0.2, 0.25) is 0 Å². The van der Waals surface area contributed by atoms with Crippen LogP contribution >= 0.6 is 11.5 Å². The standard InChI is InChI=1S/C9H16N4O4S2/c1-2-19(15,16)7-8(11)13-18-9(7)12-3-4-17-5-6(10)14/h12H,2-5H2,1H3,(H2,10,14)(H2,11,13). The van der Waals surface area contributed by atoms with Crippen LogP contribution in [0.4, 0.5) is 10.8 Å². The van der Waals surface area contributed by atoms with Crippen LogP contribution in [0.5, 0.6) is 0 Å². The zero-order valence-electron chi connectivity index (χ0n) is 10.4. The third-order valence-electron chi connectivity index (χ3n) is 2.14. The summed E-state index contributed by atoms with van der Waals surface area (Å²) in [6.07, 6.45) is 0. The molecule has 0 bridgehead atoms. The maximum absolute atomic E-state index is 11.8. The topological polar surface area (TPSA) is 137 Å². The SMILES string of the molecule is CCS(=O)(=O)c1c(N)nsc1NCCOCC(N)=O. The number of ether oxygens (including phenoxy) is 1. The molecule has 1 amide bonds. The van der Waals surface area contributed by atoms with Crippen molar-refractivity contribution in [1.82, 2.24) is 4.37 Å². The van der Waals surface area contributed by atoms with Gasteiger partial charge in [-0.3, -0.25) is 4.79 Å². The zero-order valence-corrected chi connectivity index (χ0v) is 12.0. The number of nitrogens with zero attached hydrogens (tertiary/aromatic N) is 1. The van der Waals surface area contributed by atoms with E-state index >= 15 is 0 Å². The van der Waals surface area contributed by atoms with E-state index in [0.29, 0.717) is 11.5 Å². The molecule has 0 radical (unpaired) electrons. The summed E-state index contributed by atoms with van der Waals surface area (Å²) in [5.41, 5.74) is 10.5. The number of primary amides is 1. The highest BCUT2D eigenvalue weighted by molar-refractivity contribution is 7.91. The van der Waals surface area contributed by atoms with Gasteiger partial charge in [-0.05, 0) is 11.5 Å². The zero-order chi connectivity index (χ0) is 14.5. The Bertz CT molecular complexity index is 540. The molecule has 5 N–H and O–H groups in total. The quantitative estimate of drug-likeness (QED) is 0.547. The van der Waals surface area contributed by atoms with E-state index in [9.17, 15) is 13.2 Å². The van der Waals surface area contributed by atoms with Crippen LogP contribution in [-0.4, -0.2) is 44.2 Å². The smallest absolute Gasteiger partial charge is 0.243 e. The molecule has 0 aliphatic rings. The molecule has 0 aliphatic heterocycles. The number of nitrogens with two attached hydrogens (primary N) is 2. The van der Waals surface area contributed by atoms with E-state index in [-0.39, 0.29) is 29.7 Å². The fraction of sp³-hybridized carbons (Fsp3) is 0.556. The highest BCUT2D eigenvalue weighted by Gasteiger charge is 2.23. The first-order valence-corrected chi connectivity index (χ1v) is 7.89. The van der Waals surface area contributed by atoms with Crippen molar-refractivity contribution in [1.29, 1.82) is 0 Å². The molecule has 0 spiro atoms. The van der Waals surface area contributed by atoms with Crippen LogP contribution in [0.1, 0.15) is 6.92 Å². The van der Waals surface area contributed by atoms with E-state index in [1.54, 1.807) is 0 Å². The predicted molar refractivity (Wildman–Crippen MR) is 72.8 cm³/mol. The molecule has 1 rings (SSSR count). The molecule has 10 heteroatoms. The predicted octanol–water partition coefficient (Wildman–Crippen LogP) is -0.567. The van der Waals surface area contributed by atoms with Gasteiger partial charge < -0.3 is 21.5 Å². The maximum Gasteiger partial charge on any atom is 0.243 e. The number of hydrogen-bond donors (Lipinski definition) is 3. The van der Waals surface area contributed by atoms with E-state index in [4.69, 9.17) is 16.2 Å². The highest BCUT2D eigenvalue weighted by Crippen LogP contribution is 2.31. The average Bonchev–Trinajstić information content (AvgIpc) is 2.70. The Morgan fingerprint density at radius 1 is 1.53 bits per heavy atom. The van der Waals surface area contributed by atoms with Crippen molar-refractivity contribution >= 4 is 38.1 Å². The lowest BCUT2D eigenvalue weighted by molar-refractivity contribution is -0.122. The number of aromatic nitrogens is 1. The summed E-state index contributed by atoms with van der Waals surface area (Å²) < 4.78 is 32.4. The Hall–Kier alpha value is -1.39. The highest BCUT2D eigenvalue weighted by atomic mass is 32.2. The van der Waals surface area contributed by atoms with Crippen molar-refractivity contribution in [2.45, 2.75) is 11.8 Å². The van der Waals surface area contributed by atoms with Gasteiger partial charge in [-0.1, -0.05) is 6.92 Å². The van der Waals surface area contributed by atoms with Gasteiger partial charge in [-0.15, -0.1) is 0 Å². The minimum atomic E-state index is -3.43. The van der Waals surface area contributed by atoms with E-state index in [0.717, 1.165) is 11.5 Å². The Morgan fingerprint density at radius 3 is 2.79 bits per heavy atom. The first kappa shape index (κ1) is 15.7. The molecule has 0 atom stereocenters. The maximum atomic E-state index is 11.8. The number of carbonyl (C=O) groups is 1. The van der Waals surface area contributed by atoms with Gasteiger partial charge in [0.25, 0.3) is 0 Å². The Labute approximate surface area is 115 Å². The van der Waals surface area contributed by atoms with Crippen molar-refractivity contribution in [3.05, 3.63) is 0 Å². The molecule has 19 heavy (non-hydrogen) atoms. The summed E-state index contributed by atoms with van der Waals surface area (Å²) in [7, 11) is -3.43. The van der Waals surface area contributed by atoms with Gasteiger partial charge in [0, 0.05) is 6.54 Å². The largest absolute Gasteiger partial charge is 0.382 e. The average molecular weight is 308 g/mol. The summed E-state index contributed by atoms with van der Waals surface area (Å²) in [4.78, 5) is 10.5. The summed E-state index contributed by atoms with van der Waals surface area (Å²) in [6.45, 7) is 1.90.